The molecule has 0 aliphatic carbocycles. The molecule has 0 saturated heterocycles. The van der Waals surface area contributed by atoms with Gasteiger partial charge in [0.2, 0.25) is 5.91 Å². The highest BCUT2D eigenvalue weighted by Gasteiger charge is 2.12. The number of aliphatic carboxylic acids is 1. The fourth-order valence-electron chi connectivity index (χ4n) is 1.48. The fourth-order valence-corrected chi connectivity index (χ4v) is 1.48. The summed E-state index contributed by atoms with van der Waals surface area (Å²) in [5.41, 5.74) is 6.41. The molecule has 2 amide bonds. The number of carbonyl (C=O) groups excluding carboxylic acids is 2. The van der Waals surface area contributed by atoms with E-state index in [1.54, 1.807) is 6.08 Å². The van der Waals surface area contributed by atoms with Crippen LogP contribution in [0.15, 0.2) is 36.9 Å². The highest BCUT2D eigenvalue weighted by molar-refractivity contribution is 5.97. The van der Waals surface area contributed by atoms with Crippen LogP contribution >= 0.6 is 0 Å². The molecule has 1 unspecified atom stereocenters. The fraction of sp³-hybridized carbons (Fsp3) is 0.214. The van der Waals surface area contributed by atoms with Gasteiger partial charge in [-0.05, 0) is 30.7 Å². The highest BCUT2D eigenvalue weighted by atomic mass is 16.4. The number of rotatable bonds is 7. The second kappa shape index (κ2) is 7.81. The lowest BCUT2D eigenvalue weighted by Gasteiger charge is -2.10. The van der Waals surface area contributed by atoms with Gasteiger partial charge in [0.15, 0.2) is 0 Å². The van der Waals surface area contributed by atoms with Crippen molar-refractivity contribution < 1.29 is 19.5 Å². The molecular formula is C14H17N3O4. The van der Waals surface area contributed by atoms with Gasteiger partial charge in [-0.1, -0.05) is 6.08 Å². The van der Waals surface area contributed by atoms with Crippen LogP contribution in [0.5, 0.6) is 0 Å². The van der Waals surface area contributed by atoms with Gasteiger partial charge < -0.3 is 21.5 Å². The largest absolute Gasteiger partial charge is 0.480 e. The summed E-state index contributed by atoms with van der Waals surface area (Å²) in [5, 5.41) is 13.3. The van der Waals surface area contributed by atoms with Crippen LogP contribution in [0, 0.1) is 0 Å². The Balaban J connectivity index is 2.61. The van der Waals surface area contributed by atoms with E-state index < -0.39 is 24.5 Å². The lowest BCUT2D eigenvalue weighted by atomic mass is 10.1. The van der Waals surface area contributed by atoms with Gasteiger partial charge in [-0.25, -0.2) is 0 Å². The molecule has 0 saturated carbocycles. The number of amides is 2. The SMILES string of the molecule is C=CCC(N)C(=O)Nc1ccc(C(=O)NCC(=O)O)cc1. The average molecular weight is 291 g/mol. The van der Waals surface area contributed by atoms with E-state index in [9.17, 15) is 14.4 Å². The topological polar surface area (TPSA) is 122 Å². The van der Waals surface area contributed by atoms with Gasteiger partial charge in [-0.15, -0.1) is 6.58 Å². The van der Waals surface area contributed by atoms with Crippen LogP contribution in [0.1, 0.15) is 16.8 Å². The predicted molar refractivity (Wildman–Crippen MR) is 77.8 cm³/mol. The Morgan fingerprint density at radius 3 is 2.43 bits per heavy atom. The maximum absolute atomic E-state index is 11.7. The second-order valence-electron chi connectivity index (χ2n) is 4.27. The van der Waals surface area contributed by atoms with Gasteiger partial charge in [-0.2, -0.15) is 0 Å². The number of anilines is 1. The van der Waals surface area contributed by atoms with Crippen LogP contribution in [0.4, 0.5) is 5.69 Å². The Bertz CT molecular complexity index is 540. The van der Waals surface area contributed by atoms with E-state index >= 15 is 0 Å². The van der Waals surface area contributed by atoms with Crippen molar-refractivity contribution in [2.45, 2.75) is 12.5 Å². The molecular weight excluding hydrogens is 274 g/mol. The summed E-state index contributed by atoms with van der Waals surface area (Å²) in [6, 6.07) is 5.35. The zero-order valence-electron chi connectivity index (χ0n) is 11.3. The molecule has 1 atom stereocenters. The van der Waals surface area contributed by atoms with Gasteiger partial charge in [0, 0.05) is 11.3 Å². The average Bonchev–Trinajstić information content (AvgIpc) is 2.45. The van der Waals surface area contributed by atoms with Crippen LogP contribution in [0.3, 0.4) is 0 Å². The van der Waals surface area contributed by atoms with Gasteiger partial charge in [0.05, 0.1) is 6.04 Å². The number of benzene rings is 1. The van der Waals surface area contributed by atoms with E-state index in [2.05, 4.69) is 17.2 Å². The first-order valence-electron chi connectivity index (χ1n) is 6.21. The quantitative estimate of drug-likeness (QED) is 0.540. The van der Waals surface area contributed by atoms with E-state index in [0.717, 1.165) is 0 Å². The summed E-state index contributed by atoms with van der Waals surface area (Å²) in [6.07, 6.45) is 1.92. The first-order valence-corrected chi connectivity index (χ1v) is 6.21. The maximum atomic E-state index is 11.7. The molecule has 1 aromatic rings. The molecule has 0 aliphatic heterocycles. The normalized spacial score (nSPS) is 11.3. The lowest BCUT2D eigenvalue weighted by Crippen LogP contribution is -2.35. The maximum Gasteiger partial charge on any atom is 0.322 e. The molecule has 0 aromatic heterocycles. The standard InChI is InChI=1S/C14H17N3O4/c1-2-3-11(15)14(21)17-10-6-4-9(5-7-10)13(20)16-8-12(18)19/h2,4-7,11H,1,3,8,15H2,(H,16,20)(H,17,21)(H,18,19). The first kappa shape index (κ1) is 16.4. The Morgan fingerprint density at radius 2 is 1.90 bits per heavy atom. The van der Waals surface area contributed by atoms with Gasteiger partial charge in [-0.3, -0.25) is 14.4 Å². The smallest absolute Gasteiger partial charge is 0.322 e. The van der Waals surface area contributed by atoms with Crippen molar-refractivity contribution >= 4 is 23.5 Å². The summed E-state index contributed by atoms with van der Waals surface area (Å²) in [7, 11) is 0. The van der Waals surface area contributed by atoms with Crippen molar-refractivity contribution in [2.24, 2.45) is 5.73 Å². The minimum absolute atomic E-state index is 0.296. The lowest BCUT2D eigenvalue weighted by molar-refractivity contribution is -0.135. The predicted octanol–water partition coefficient (Wildman–Crippen LogP) is 0.343. The van der Waals surface area contributed by atoms with Gasteiger partial charge in [0.1, 0.15) is 6.54 Å². The molecule has 0 spiro atoms. The minimum Gasteiger partial charge on any atom is -0.480 e. The summed E-state index contributed by atoms with van der Waals surface area (Å²) >= 11 is 0. The summed E-state index contributed by atoms with van der Waals surface area (Å²) in [6.45, 7) is 3.05. The monoisotopic (exact) mass is 291 g/mol. The molecule has 5 N–H and O–H groups in total. The van der Waals surface area contributed by atoms with Crippen molar-refractivity contribution in [1.29, 1.82) is 0 Å². The summed E-state index contributed by atoms with van der Waals surface area (Å²) in [4.78, 5) is 33.6. The molecule has 1 aromatic carbocycles. The first-order chi connectivity index (χ1) is 9.93. The molecule has 112 valence electrons. The Morgan fingerprint density at radius 1 is 1.29 bits per heavy atom. The van der Waals surface area contributed by atoms with E-state index in [0.29, 0.717) is 17.7 Å². The Labute approximate surface area is 121 Å². The molecule has 7 heteroatoms. The van der Waals surface area contributed by atoms with Crippen molar-refractivity contribution in [3.05, 3.63) is 42.5 Å². The van der Waals surface area contributed by atoms with Crippen LogP contribution in [-0.4, -0.2) is 35.5 Å². The van der Waals surface area contributed by atoms with Crippen LogP contribution in [0.2, 0.25) is 0 Å². The highest BCUT2D eigenvalue weighted by Crippen LogP contribution is 2.10. The van der Waals surface area contributed by atoms with Crippen molar-refractivity contribution in [1.82, 2.24) is 5.32 Å². The zero-order chi connectivity index (χ0) is 15.8. The molecule has 0 radical (unpaired) electrons. The third-order valence-electron chi connectivity index (χ3n) is 2.57. The van der Waals surface area contributed by atoms with E-state index in [4.69, 9.17) is 10.8 Å². The Kier molecular flexibility index (Phi) is 6.09. The number of hydrogen-bond donors (Lipinski definition) is 4. The molecule has 0 fully saturated rings. The molecule has 0 heterocycles. The minimum atomic E-state index is -1.12. The van der Waals surface area contributed by atoms with Crippen molar-refractivity contribution in [3.8, 4) is 0 Å². The van der Waals surface area contributed by atoms with Gasteiger partial charge in [0.25, 0.3) is 5.91 Å². The number of carboxylic acids is 1. The second-order valence-corrected chi connectivity index (χ2v) is 4.27. The molecule has 0 aliphatic rings. The summed E-state index contributed by atoms with van der Waals surface area (Å²) in [5.74, 6) is -1.97. The number of nitrogens with one attached hydrogen (secondary N) is 2. The molecule has 1 rings (SSSR count). The van der Waals surface area contributed by atoms with Gasteiger partial charge >= 0.3 is 5.97 Å². The van der Waals surface area contributed by atoms with Crippen molar-refractivity contribution in [2.75, 3.05) is 11.9 Å². The molecule has 7 nitrogen and oxygen atoms in total. The van der Waals surface area contributed by atoms with E-state index in [1.165, 1.54) is 24.3 Å². The van der Waals surface area contributed by atoms with E-state index in [1.807, 2.05) is 0 Å². The number of carboxylic acid groups (broad SMARTS) is 1. The van der Waals surface area contributed by atoms with Crippen molar-refractivity contribution in [3.63, 3.8) is 0 Å². The third-order valence-corrected chi connectivity index (χ3v) is 2.57. The third kappa shape index (κ3) is 5.45. The van der Waals surface area contributed by atoms with Crippen LogP contribution < -0.4 is 16.4 Å². The van der Waals surface area contributed by atoms with Crippen LogP contribution in [-0.2, 0) is 9.59 Å². The Hall–Kier alpha value is -2.67. The molecule has 0 bridgehead atoms. The number of hydrogen-bond acceptors (Lipinski definition) is 4. The molecule has 21 heavy (non-hydrogen) atoms. The summed E-state index contributed by atoms with van der Waals surface area (Å²) < 4.78 is 0. The number of carbonyl (C=O) groups is 3. The van der Waals surface area contributed by atoms with E-state index in [-0.39, 0.29) is 5.91 Å². The number of nitrogens with two attached hydrogens (primary N) is 1. The zero-order valence-corrected chi connectivity index (χ0v) is 11.3. The van der Waals surface area contributed by atoms with Crippen LogP contribution in [0.25, 0.3) is 0 Å².